The highest BCUT2D eigenvalue weighted by atomic mass is 16.5. The topological polar surface area (TPSA) is 82.3 Å². The molecule has 1 fully saturated rings. The van der Waals surface area contributed by atoms with Crippen molar-refractivity contribution in [3.05, 3.63) is 59.4 Å². The maximum absolute atomic E-state index is 12.5. The third-order valence-electron chi connectivity index (χ3n) is 8.25. The molecule has 3 aromatic rings. The summed E-state index contributed by atoms with van der Waals surface area (Å²) in [6, 6.07) is 14.5. The molecule has 252 valence electrons. The molecular formula is C37H67N5O2. The number of fused-ring (bicyclic) bond motifs is 1. The summed E-state index contributed by atoms with van der Waals surface area (Å²) >= 11 is 0. The van der Waals surface area contributed by atoms with E-state index in [1.807, 2.05) is 50.2 Å². The summed E-state index contributed by atoms with van der Waals surface area (Å²) in [5.41, 5.74) is 4.77. The van der Waals surface area contributed by atoms with Crippen molar-refractivity contribution < 1.29 is 13.8 Å². The number of anilines is 1. The number of benzene rings is 2. The number of hydrogen-bond acceptors (Lipinski definition) is 5. The average molecular weight is 614 g/mol. The van der Waals surface area contributed by atoms with Gasteiger partial charge in [-0.05, 0) is 68.6 Å². The molecule has 0 saturated carbocycles. The van der Waals surface area contributed by atoms with Crippen LogP contribution in [0.5, 0.6) is 0 Å². The number of aromatic nitrogens is 2. The van der Waals surface area contributed by atoms with Crippen LogP contribution in [0.4, 0.5) is 5.69 Å². The molecule has 2 aromatic carbocycles. The molecule has 7 heteroatoms. The summed E-state index contributed by atoms with van der Waals surface area (Å²) in [4.78, 5) is 23.2. The number of aromatic amines is 1. The van der Waals surface area contributed by atoms with E-state index in [2.05, 4.69) is 40.4 Å². The van der Waals surface area contributed by atoms with Gasteiger partial charge < -0.3 is 20.4 Å². The molecule has 0 spiro atoms. The van der Waals surface area contributed by atoms with Crippen LogP contribution >= 0.6 is 0 Å². The summed E-state index contributed by atoms with van der Waals surface area (Å²) in [6.07, 6.45) is 15.5. The Morgan fingerprint density at radius 1 is 1.00 bits per heavy atom. The molecule has 0 unspecified atom stereocenters. The van der Waals surface area contributed by atoms with Crippen molar-refractivity contribution in [3.8, 4) is 0 Å². The summed E-state index contributed by atoms with van der Waals surface area (Å²) in [7, 11) is 0. The lowest BCUT2D eigenvalue weighted by molar-refractivity contribution is 0.0952. The largest absolute Gasteiger partial charge is 0.363 e. The number of carbonyl (C=O) groups excluding carboxylic acids is 1. The Balaban J connectivity index is 0. The number of likely N-dealkylation sites (tertiary alicyclic amines) is 1. The average Bonchev–Trinajstić information content (AvgIpc) is 3.63. The summed E-state index contributed by atoms with van der Waals surface area (Å²) in [6.45, 7) is 12.2. The number of ether oxygens (including phenoxy) is 1. The summed E-state index contributed by atoms with van der Waals surface area (Å²) in [5.74, 6) is 1.03. The van der Waals surface area contributed by atoms with E-state index in [0.29, 0.717) is 24.9 Å². The molecule has 1 aliphatic rings. The number of carbonyl (C=O) groups is 1. The van der Waals surface area contributed by atoms with Gasteiger partial charge in [0.2, 0.25) is 0 Å². The van der Waals surface area contributed by atoms with Crippen LogP contribution in [-0.4, -0.2) is 46.6 Å². The fourth-order valence-corrected chi connectivity index (χ4v) is 5.64. The van der Waals surface area contributed by atoms with Crippen molar-refractivity contribution >= 4 is 22.6 Å². The van der Waals surface area contributed by atoms with Crippen LogP contribution in [0.25, 0.3) is 11.0 Å². The lowest BCUT2D eigenvalue weighted by Crippen LogP contribution is -2.26. The minimum atomic E-state index is 0. The first-order valence-corrected chi connectivity index (χ1v) is 17.0. The molecule has 1 aromatic heterocycles. The van der Waals surface area contributed by atoms with Gasteiger partial charge in [-0.3, -0.25) is 9.69 Å². The van der Waals surface area contributed by atoms with E-state index in [0.717, 1.165) is 54.2 Å². The first kappa shape index (κ1) is 37.3. The Morgan fingerprint density at radius 2 is 1.68 bits per heavy atom. The lowest BCUT2D eigenvalue weighted by Gasteiger charge is -2.19. The Labute approximate surface area is 272 Å². The molecule has 1 amide bonds. The van der Waals surface area contributed by atoms with Gasteiger partial charge >= 0.3 is 0 Å². The Kier molecular flexibility index (Phi) is 18.4. The lowest BCUT2D eigenvalue weighted by atomic mass is 10.1. The van der Waals surface area contributed by atoms with Crippen molar-refractivity contribution in [1.29, 1.82) is 0 Å². The molecule has 1 atom stereocenters. The molecule has 3 N–H and O–H groups in total. The number of H-pyrrole nitrogens is 1. The minimum Gasteiger partial charge on any atom is -0.363 e. The van der Waals surface area contributed by atoms with Crippen LogP contribution in [0.1, 0.15) is 138 Å². The van der Waals surface area contributed by atoms with Gasteiger partial charge in [0.1, 0.15) is 12.6 Å². The van der Waals surface area contributed by atoms with Crippen LogP contribution in [0, 0.1) is 0 Å². The number of unbranched alkanes of at least 4 members (excludes halogenated alkanes) is 9. The van der Waals surface area contributed by atoms with Gasteiger partial charge in [0, 0.05) is 28.1 Å². The van der Waals surface area contributed by atoms with Crippen LogP contribution in [0.3, 0.4) is 0 Å². The number of imidazole rings is 1. The molecule has 0 aliphatic carbocycles. The standard InChI is InChI=1S/C34H51N5O2.C2H6.CH4.3H2/c1-3-4-5-6-7-8-9-10-11-12-21-35-34(40)29-17-15-28(16-18-29)25-41-26-36-30-19-20-31-32(23-30)38-33(37-31)24-39-22-13-14-27(39)2;1-2;;;;/h15-20,23,27,36H,3-14,21-22,24-26H2,1-2H3,(H,35,40)(H,37,38);1-2H3;1H4;3*1H/t27-;;;;;/m0...../s1. The van der Waals surface area contributed by atoms with Gasteiger partial charge in [0.15, 0.2) is 0 Å². The fraction of sp³-hybridized carbons (Fsp3) is 0.622. The maximum atomic E-state index is 12.5. The monoisotopic (exact) mass is 614 g/mol. The van der Waals surface area contributed by atoms with Gasteiger partial charge in [-0.1, -0.05) is 98.1 Å². The van der Waals surface area contributed by atoms with Crippen LogP contribution < -0.4 is 10.6 Å². The zero-order chi connectivity index (χ0) is 30.7. The first-order valence-electron chi connectivity index (χ1n) is 17.0. The second kappa shape index (κ2) is 21.7. The highest BCUT2D eigenvalue weighted by Gasteiger charge is 2.21. The van der Waals surface area contributed by atoms with Gasteiger partial charge in [0.25, 0.3) is 5.91 Å². The van der Waals surface area contributed by atoms with Gasteiger partial charge in [-0.15, -0.1) is 0 Å². The zero-order valence-electron chi connectivity index (χ0n) is 27.4. The van der Waals surface area contributed by atoms with Crippen LogP contribution in [0.15, 0.2) is 42.5 Å². The van der Waals surface area contributed by atoms with E-state index in [1.54, 1.807) is 0 Å². The molecule has 0 bridgehead atoms. The normalized spacial score (nSPS) is 14.6. The van der Waals surface area contributed by atoms with Crippen molar-refractivity contribution in [2.75, 3.05) is 25.1 Å². The molecular weight excluding hydrogens is 546 g/mol. The Morgan fingerprint density at radius 3 is 2.34 bits per heavy atom. The van der Waals surface area contributed by atoms with E-state index < -0.39 is 0 Å². The third kappa shape index (κ3) is 13.0. The quantitative estimate of drug-likeness (QED) is 0.0925. The van der Waals surface area contributed by atoms with E-state index in [-0.39, 0.29) is 17.6 Å². The molecule has 2 heterocycles. The Hall–Kier alpha value is -2.90. The smallest absolute Gasteiger partial charge is 0.251 e. The van der Waals surface area contributed by atoms with Crippen molar-refractivity contribution in [1.82, 2.24) is 20.2 Å². The predicted molar refractivity (Wildman–Crippen MR) is 194 cm³/mol. The zero-order valence-corrected chi connectivity index (χ0v) is 27.4. The molecule has 1 saturated heterocycles. The fourth-order valence-electron chi connectivity index (χ4n) is 5.64. The van der Waals surface area contributed by atoms with Crippen LogP contribution in [-0.2, 0) is 17.9 Å². The van der Waals surface area contributed by atoms with Gasteiger partial charge in [-0.25, -0.2) is 4.98 Å². The molecule has 0 radical (unpaired) electrons. The highest BCUT2D eigenvalue weighted by Crippen LogP contribution is 2.22. The third-order valence-corrected chi connectivity index (χ3v) is 8.25. The predicted octanol–water partition coefficient (Wildman–Crippen LogP) is 10.2. The van der Waals surface area contributed by atoms with E-state index in [1.165, 1.54) is 70.6 Å². The number of rotatable bonds is 19. The van der Waals surface area contributed by atoms with Crippen molar-refractivity contribution in [3.63, 3.8) is 0 Å². The first-order chi connectivity index (χ1) is 21.1. The van der Waals surface area contributed by atoms with Gasteiger partial charge in [0.05, 0.1) is 24.2 Å². The minimum absolute atomic E-state index is 0. The molecule has 7 nitrogen and oxygen atoms in total. The summed E-state index contributed by atoms with van der Waals surface area (Å²) < 4.78 is 5.84. The van der Waals surface area contributed by atoms with E-state index >= 15 is 0 Å². The number of nitrogens with one attached hydrogen (secondary N) is 3. The van der Waals surface area contributed by atoms with Gasteiger partial charge in [-0.2, -0.15) is 0 Å². The molecule has 4 rings (SSSR count). The maximum Gasteiger partial charge on any atom is 0.251 e. The highest BCUT2D eigenvalue weighted by molar-refractivity contribution is 5.94. The second-order valence-electron chi connectivity index (χ2n) is 11.7. The van der Waals surface area contributed by atoms with E-state index in [9.17, 15) is 4.79 Å². The SMILES string of the molecule is C.CC.CCCCCCCCCCCCNC(=O)c1ccc(COCNc2ccc3nc(CN4CCC[C@@H]4C)[nH]c3c2)cc1.[HH].[HH].[HH]. The van der Waals surface area contributed by atoms with E-state index in [4.69, 9.17) is 9.72 Å². The summed E-state index contributed by atoms with van der Waals surface area (Å²) in [5, 5.41) is 6.39. The van der Waals surface area contributed by atoms with Crippen molar-refractivity contribution in [2.24, 2.45) is 0 Å². The second-order valence-corrected chi connectivity index (χ2v) is 11.7. The Bertz CT molecular complexity index is 1190. The molecule has 44 heavy (non-hydrogen) atoms. The van der Waals surface area contributed by atoms with Crippen molar-refractivity contribution in [2.45, 2.75) is 131 Å². The number of amides is 1. The number of hydrogen-bond donors (Lipinski definition) is 3. The van der Waals surface area contributed by atoms with Crippen LogP contribution in [0.2, 0.25) is 0 Å². The number of nitrogens with zero attached hydrogens (tertiary/aromatic N) is 2. The molecule has 1 aliphatic heterocycles.